The first-order valence-corrected chi connectivity index (χ1v) is 18.8. The summed E-state index contributed by atoms with van der Waals surface area (Å²) >= 11 is 0. The summed E-state index contributed by atoms with van der Waals surface area (Å²) in [6.45, 7) is 0. The number of rotatable bonds is 9. The van der Waals surface area contributed by atoms with Gasteiger partial charge in [-0.3, -0.25) is 0 Å². The summed E-state index contributed by atoms with van der Waals surface area (Å²) in [7, 11) is 0. The highest BCUT2D eigenvalue weighted by Crippen LogP contribution is 2.40. The van der Waals surface area contributed by atoms with Gasteiger partial charge in [-0.05, 0) is 109 Å². The van der Waals surface area contributed by atoms with E-state index in [1.807, 2.05) is 0 Å². The second-order valence-electron chi connectivity index (χ2n) is 13.8. The lowest BCUT2D eigenvalue weighted by Gasteiger charge is -2.26. The molecule has 0 N–H and O–H groups in total. The van der Waals surface area contributed by atoms with E-state index in [2.05, 4.69) is 241 Å². The first-order valence-electron chi connectivity index (χ1n) is 18.8. The predicted molar refractivity (Wildman–Crippen MR) is 234 cm³/mol. The van der Waals surface area contributed by atoms with Gasteiger partial charge in [-0.2, -0.15) is 0 Å². The first-order chi connectivity index (χ1) is 27.3. The molecule has 0 aliphatic heterocycles. The van der Waals surface area contributed by atoms with Crippen molar-refractivity contribution in [3.05, 3.63) is 237 Å². The molecule has 0 radical (unpaired) electrons. The zero-order chi connectivity index (χ0) is 36.8. The molecule has 0 unspecified atom stereocenters. The van der Waals surface area contributed by atoms with Crippen molar-refractivity contribution in [2.75, 3.05) is 4.90 Å². The lowest BCUT2D eigenvalue weighted by molar-refractivity contribution is 1.28. The molecule has 0 saturated heterocycles. The molecule has 0 atom stereocenters. The number of benzene rings is 9. The fraction of sp³-hybridized carbons (Fsp3) is 0. The summed E-state index contributed by atoms with van der Waals surface area (Å²) in [5.41, 5.74) is 17.7. The van der Waals surface area contributed by atoms with Crippen molar-refractivity contribution in [1.29, 1.82) is 0 Å². The third-order valence-electron chi connectivity index (χ3n) is 10.3. The van der Waals surface area contributed by atoms with E-state index >= 15 is 0 Å². The highest BCUT2D eigenvalue weighted by molar-refractivity contribution is 5.88. The Morgan fingerprint density at radius 3 is 0.818 bits per heavy atom. The fourth-order valence-electron chi connectivity index (χ4n) is 7.42. The van der Waals surface area contributed by atoms with Crippen molar-refractivity contribution < 1.29 is 0 Å². The summed E-state index contributed by atoms with van der Waals surface area (Å²) in [6, 6.07) is 84.9. The van der Waals surface area contributed by atoms with E-state index in [4.69, 9.17) is 0 Å². The van der Waals surface area contributed by atoms with E-state index in [-0.39, 0.29) is 0 Å². The molecule has 260 valence electrons. The molecule has 9 rings (SSSR count). The van der Waals surface area contributed by atoms with Crippen molar-refractivity contribution in [2.45, 2.75) is 0 Å². The molecular formula is C54H39N. The fourth-order valence-corrected chi connectivity index (χ4v) is 7.42. The number of hydrogen-bond donors (Lipinski definition) is 0. The maximum Gasteiger partial charge on any atom is 0.0462 e. The molecule has 0 fully saturated rings. The van der Waals surface area contributed by atoms with Crippen LogP contribution in [0.2, 0.25) is 0 Å². The van der Waals surface area contributed by atoms with E-state index in [0.717, 1.165) is 17.1 Å². The molecular weight excluding hydrogens is 663 g/mol. The third kappa shape index (κ3) is 7.25. The van der Waals surface area contributed by atoms with Crippen molar-refractivity contribution in [2.24, 2.45) is 0 Å². The number of nitrogens with zero attached hydrogens (tertiary/aromatic N) is 1. The average molecular weight is 702 g/mol. The summed E-state index contributed by atoms with van der Waals surface area (Å²) < 4.78 is 0. The molecule has 0 aromatic heterocycles. The van der Waals surface area contributed by atoms with Crippen LogP contribution in [0.25, 0.3) is 66.8 Å². The Bertz CT molecular complexity index is 2530. The van der Waals surface area contributed by atoms with Crippen LogP contribution in [0, 0.1) is 0 Å². The average Bonchev–Trinajstić information content (AvgIpc) is 3.28. The van der Waals surface area contributed by atoms with Gasteiger partial charge in [-0.15, -0.1) is 0 Å². The smallest absolute Gasteiger partial charge is 0.0462 e. The van der Waals surface area contributed by atoms with Gasteiger partial charge >= 0.3 is 0 Å². The van der Waals surface area contributed by atoms with E-state index in [0.29, 0.717) is 0 Å². The summed E-state index contributed by atoms with van der Waals surface area (Å²) in [5.74, 6) is 0. The van der Waals surface area contributed by atoms with Gasteiger partial charge < -0.3 is 4.90 Å². The summed E-state index contributed by atoms with van der Waals surface area (Å²) in [6.07, 6.45) is 0. The molecule has 55 heavy (non-hydrogen) atoms. The molecule has 0 amide bonds. The van der Waals surface area contributed by atoms with Crippen LogP contribution >= 0.6 is 0 Å². The monoisotopic (exact) mass is 701 g/mol. The molecule has 1 nitrogen and oxygen atoms in total. The van der Waals surface area contributed by atoms with E-state index < -0.39 is 0 Å². The molecule has 0 spiro atoms. The van der Waals surface area contributed by atoms with Crippen LogP contribution < -0.4 is 4.90 Å². The highest BCUT2D eigenvalue weighted by atomic mass is 15.1. The van der Waals surface area contributed by atoms with Crippen molar-refractivity contribution in [3.8, 4) is 66.8 Å². The van der Waals surface area contributed by atoms with Crippen molar-refractivity contribution in [3.63, 3.8) is 0 Å². The minimum Gasteiger partial charge on any atom is -0.311 e. The molecule has 1 heteroatoms. The van der Waals surface area contributed by atoms with E-state index in [1.54, 1.807) is 0 Å². The minimum atomic E-state index is 1.10. The van der Waals surface area contributed by atoms with Crippen LogP contribution in [-0.2, 0) is 0 Å². The molecule has 9 aromatic carbocycles. The van der Waals surface area contributed by atoms with Gasteiger partial charge in [0.05, 0.1) is 0 Å². The zero-order valence-electron chi connectivity index (χ0n) is 30.5. The SMILES string of the molecule is c1ccc(-c2ccc(-c3cc(-c4ccc(N(c5ccc(-c6ccccc6)cc5)c5ccc(-c6ccccc6)cc5)cc4)ccc3-c3ccccc3)cc2)cc1. The number of anilines is 3. The van der Waals surface area contributed by atoms with Gasteiger partial charge in [-0.25, -0.2) is 0 Å². The number of hydrogen-bond acceptors (Lipinski definition) is 1. The van der Waals surface area contributed by atoms with E-state index in [9.17, 15) is 0 Å². The maximum absolute atomic E-state index is 2.34. The van der Waals surface area contributed by atoms with Crippen LogP contribution in [-0.4, -0.2) is 0 Å². The van der Waals surface area contributed by atoms with Gasteiger partial charge in [0.1, 0.15) is 0 Å². The van der Waals surface area contributed by atoms with Crippen LogP contribution in [0.3, 0.4) is 0 Å². The Labute approximate surface area is 324 Å². The molecule has 0 aliphatic rings. The molecule has 0 heterocycles. The van der Waals surface area contributed by atoms with Crippen molar-refractivity contribution >= 4 is 17.1 Å². The third-order valence-corrected chi connectivity index (χ3v) is 10.3. The normalized spacial score (nSPS) is 10.9. The minimum absolute atomic E-state index is 1.10. The largest absolute Gasteiger partial charge is 0.311 e. The molecule has 9 aromatic rings. The lowest BCUT2D eigenvalue weighted by atomic mass is 9.90. The lowest BCUT2D eigenvalue weighted by Crippen LogP contribution is -2.09. The molecule has 0 saturated carbocycles. The van der Waals surface area contributed by atoms with Crippen LogP contribution in [0.4, 0.5) is 17.1 Å². The van der Waals surface area contributed by atoms with E-state index in [1.165, 1.54) is 66.8 Å². The Morgan fingerprint density at radius 2 is 0.436 bits per heavy atom. The van der Waals surface area contributed by atoms with Gasteiger partial charge in [0.2, 0.25) is 0 Å². The standard InChI is InChI=1S/C54H39N/c1-5-13-40(14-6-1)43-21-23-48(24-22-43)54-39-49(31-38-53(54)47-19-11-4-12-20-47)46-29-36-52(37-30-46)55(50-32-25-44(26-33-50)41-15-7-2-8-16-41)51-34-27-45(28-35-51)42-17-9-3-10-18-42/h1-39H. The second kappa shape index (κ2) is 15.4. The Balaban J connectivity index is 1.08. The Hall–Kier alpha value is -7.22. The first kappa shape index (κ1) is 33.6. The van der Waals surface area contributed by atoms with Gasteiger partial charge in [-0.1, -0.05) is 194 Å². The van der Waals surface area contributed by atoms with Gasteiger partial charge in [0.25, 0.3) is 0 Å². The maximum atomic E-state index is 2.34. The van der Waals surface area contributed by atoms with Gasteiger partial charge in [0, 0.05) is 17.1 Å². The van der Waals surface area contributed by atoms with Crippen LogP contribution in [0.5, 0.6) is 0 Å². The molecule has 0 bridgehead atoms. The van der Waals surface area contributed by atoms with Crippen LogP contribution in [0.1, 0.15) is 0 Å². The van der Waals surface area contributed by atoms with Crippen LogP contribution in [0.15, 0.2) is 237 Å². The Kier molecular flexibility index (Phi) is 9.41. The highest BCUT2D eigenvalue weighted by Gasteiger charge is 2.15. The van der Waals surface area contributed by atoms with Gasteiger partial charge in [0.15, 0.2) is 0 Å². The summed E-state index contributed by atoms with van der Waals surface area (Å²) in [4.78, 5) is 2.34. The Morgan fingerprint density at radius 1 is 0.182 bits per heavy atom. The quantitative estimate of drug-likeness (QED) is 0.145. The van der Waals surface area contributed by atoms with Crippen molar-refractivity contribution in [1.82, 2.24) is 0 Å². The topological polar surface area (TPSA) is 3.24 Å². The zero-order valence-corrected chi connectivity index (χ0v) is 30.5. The predicted octanol–water partition coefficient (Wildman–Crippen LogP) is 15.2. The summed E-state index contributed by atoms with van der Waals surface area (Å²) in [5, 5.41) is 0. The molecule has 0 aliphatic carbocycles. The second-order valence-corrected chi connectivity index (χ2v) is 13.8.